The fourth-order valence-electron chi connectivity index (χ4n) is 2.21. The van der Waals surface area contributed by atoms with Crippen LogP contribution in [-0.4, -0.2) is 20.0 Å². The number of hydrogen-bond acceptors (Lipinski definition) is 2. The maximum absolute atomic E-state index is 13.7. The van der Waals surface area contributed by atoms with Crippen molar-refractivity contribution in [2.24, 2.45) is 0 Å². The van der Waals surface area contributed by atoms with Gasteiger partial charge in [-0.15, -0.1) is 0 Å². The van der Waals surface area contributed by atoms with Crippen molar-refractivity contribution in [3.63, 3.8) is 0 Å². The van der Waals surface area contributed by atoms with Crippen LogP contribution in [0, 0.1) is 5.82 Å². The van der Waals surface area contributed by atoms with Crippen LogP contribution in [-0.2, 0) is 6.42 Å². The summed E-state index contributed by atoms with van der Waals surface area (Å²) >= 11 is 0. The van der Waals surface area contributed by atoms with Crippen molar-refractivity contribution >= 4 is 17.3 Å². The first kappa shape index (κ1) is 15.0. The van der Waals surface area contributed by atoms with E-state index in [-0.39, 0.29) is 11.6 Å². The highest BCUT2D eigenvalue weighted by Crippen LogP contribution is 2.23. The molecule has 3 nitrogen and oxygen atoms in total. The van der Waals surface area contributed by atoms with E-state index in [0.717, 1.165) is 12.1 Å². The highest BCUT2D eigenvalue weighted by molar-refractivity contribution is 6.09. The molecular formula is C17H19FN2O. The van der Waals surface area contributed by atoms with Gasteiger partial charge in [-0.1, -0.05) is 25.1 Å². The van der Waals surface area contributed by atoms with Gasteiger partial charge < -0.3 is 10.2 Å². The third-order valence-electron chi connectivity index (χ3n) is 3.53. The number of nitrogens with zero attached hydrogens (tertiary/aromatic N) is 1. The number of benzene rings is 2. The minimum atomic E-state index is -0.432. The SMILES string of the molecule is CCc1ccc(N(C)C(=O)c2cccc(F)c2NC)cc1. The maximum atomic E-state index is 13.7. The summed E-state index contributed by atoms with van der Waals surface area (Å²) in [4.78, 5) is 14.1. The maximum Gasteiger partial charge on any atom is 0.260 e. The van der Waals surface area contributed by atoms with Crippen LogP contribution in [0.15, 0.2) is 42.5 Å². The molecule has 1 N–H and O–H groups in total. The normalized spacial score (nSPS) is 10.3. The predicted octanol–water partition coefficient (Wildman–Crippen LogP) is 3.71. The predicted molar refractivity (Wildman–Crippen MR) is 84.5 cm³/mol. The van der Waals surface area contributed by atoms with Gasteiger partial charge in [0.2, 0.25) is 0 Å². The summed E-state index contributed by atoms with van der Waals surface area (Å²) in [6, 6.07) is 12.3. The summed E-state index contributed by atoms with van der Waals surface area (Å²) < 4.78 is 13.7. The second-order valence-corrected chi connectivity index (χ2v) is 4.80. The van der Waals surface area contributed by atoms with E-state index in [1.165, 1.54) is 22.6 Å². The Morgan fingerprint density at radius 3 is 2.43 bits per heavy atom. The fourth-order valence-corrected chi connectivity index (χ4v) is 2.21. The van der Waals surface area contributed by atoms with Crippen molar-refractivity contribution in [1.29, 1.82) is 0 Å². The Morgan fingerprint density at radius 1 is 1.19 bits per heavy atom. The van der Waals surface area contributed by atoms with E-state index >= 15 is 0 Å². The molecule has 4 heteroatoms. The standard InChI is InChI=1S/C17H19FN2O/c1-4-12-8-10-13(11-9-12)20(3)17(21)14-6-5-7-15(18)16(14)19-2/h5-11,19H,4H2,1-3H3. The number of carbonyl (C=O) groups excluding carboxylic acids is 1. The number of halogens is 1. The van der Waals surface area contributed by atoms with Crippen LogP contribution in [0.1, 0.15) is 22.8 Å². The third-order valence-corrected chi connectivity index (χ3v) is 3.53. The summed E-state index contributed by atoms with van der Waals surface area (Å²) in [6.07, 6.45) is 0.950. The van der Waals surface area contributed by atoms with E-state index in [1.54, 1.807) is 20.2 Å². The zero-order chi connectivity index (χ0) is 15.4. The molecular weight excluding hydrogens is 267 g/mol. The zero-order valence-electron chi connectivity index (χ0n) is 12.5. The summed E-state index contributed by atoms with van der Waals surface area (Å²) in [6.45, 7) is 2.08. The molecule has 0 spiro atoms. The Labute approximate surface area is 124 Å². The summed E-state index contributed by atoms with van der Waals surface area (Å²) in [5.74, 6) is -0.679. The quantitative estimate of drug-likeness (QED) is 0.929. The molecule has 0 saturated heterocycles. The minimum absolute atomic E-state index is 0.222. The minimum Gasteiger partial charge on any atom is -0.385 e. The van der Waals surface area contributed by atoms with Crippen LogP contribution in [0.2, 0.25) is 0 Å². The number of amides is 1. The molecule has 0 bridgehead atoms. The number of nitrogens with one attached hydrogen (secondary N) is 1. The topological polar surface area (TPSA) is 32.3 Å². The molecule has 0 fully saturated rings. The first-order valence-electron chi connectivity index (χ1n) is 6.91. The lowest BCUT2D eigenvalue weighted by atomic mass is 10.1. The molecule has 0 unspecified atom stereocenters. The van der Waals surface area contributed by atoms with Crippen molar-refractivity contribution in [1.82, 2.24) is 0 Å². The first-order valence-corrected chi connectivity index (χ1v) is 6.91. The fraction of sp³-hybridized carbons (Fsp3) is 0.235. The number of hydrogen-bond donors (Lipinski definition) is 1. The lowest BCUT2D eigenvalue weighted by Gasteiger charge is -2.19. The Hall–Kier alpha value is -2.36. The van der Waals surface area contributed by atoms with Crippen LogP contribution in [0.5, 0.6) is 0 Å². The van der Waals surface area contributed by atoms with Gasteiger partial charge in [0.05, 0.1) is 11.3 Å². The van der Waals surface area contributed by atoms with Crippen molar-refractivity contribution in [3.8, 4) is 0 Å². The zero-order valence-corrected chi connectivity index (χ0v) is 12.5. The van der Waals surface area contributed by atoms with Crippen LogP contribution >= 0.6 is 0 Å². The lowest BCUT2D eigenvalue weighted by Crippen LogP contribution is -2.27. The van der Waals surface area contributed by atoms with E-state index in [1.807, 2.05) is 24.3 Å². The van der Waals surface area contributed by atoms with Gasteiger partial charge >= 0.3 is 0 Å². The van der Waals surface area contributed by atoms with Crippen molar-refractivity contribution < 1.29 is 9.18 Å². The molecule has 0 aliphatic rings. The van der Waals surface area contributed by atoms with Gasteiger partial charge in [-0.25, -0.2) is 4.39 Å². The second-order valence-electron chi connectivity index (χ2n) is 4.80. The number of para-hydroxylation sites is 1. The molecule has 1 amide bonds. The molecule has 0 atom stereocenters. The molecule has 0 saturated carbocycles. The van der Waals surface area contributed by atoms with Crippen LogP contribution in [0.25, 0.3) is 0 Å². The summed E-state index contributed by atoms with van der Waals surface area (Å²) in [5.41, 5.74) is 2.53. The Balaban J connectivity index is 2.32. The number of rotatable bonds is 4. The number of aryl methyl sites for hydroxylation is 1. The molecule has 0 aliphatic heterocycles. The molecule has 2 aromatic carbocycles. The molecule has 21 heavy (non-hydrogen) atoms. The van der Waals surface area contributed by atoms with Gasteiger partial charge in [-0.3, -0.25) is 4.79 Å². The molecule has 0 aromatic heterocycles. The van der Waals surface area contributed by atoms with Crippen molar-refractivity contribution in [3.05, 3.63) is 59.4 Å². The van der Waals surface area contributed by atoms with E-state index in [0.29, 0.717) is 5.56 Å². The van der Waals surface area contributed by atoms with Gasteiger partial charge in [0, 0.05) is 19.8 Å². The first-order chi connectivity index (χ1) is 10.1. The number of anilines is 2. The van der Waals surface area contributed by atoms with Crippen LogP contribution in [0.4, 0.5) is 15.8 Å². The van der Waals surface area contributed by atoms with Crippen molar-refractivity contribution in [2.45, 2.75) is 13.3 Å². The van der Waals surface area contributed by atoms with Gasteiger partial charge in [-0.2, -0.15) is 0 Å². The number of carbonyl (C=O) groups is 1. The van der Waals surface area contributed by atoms with E-state index < -0.39 is 5.82 Å². The van der Waals surface area contributed by atoms with Gasteiger partial charge in [0.15, 0.2) is 0 Å². The summed E-state index contributed by atoms with van der Waals surface area (Å²) in [5, 5.41) is 2.75. The molecule has 2 rings (SSSR count). The molecule has 110 valence electrons. The molecule has 0 aliphatic carbocycles. The van der Waals surface area contributed by atoms with Crippen LogP contribution in [0.3, 0.4) is 0 Å². The van der Waals surface area contributed by atoms with Crippen LogP contribution < -0.4 is 10.2 Å². The largest absolute Gasteiger partial charge is 0.385 e. The van der Waals surface area contributed by atoms with Gasteiger partial charge in [-0.05, 0) is 36.2 Å². The highest BCUT2D eigenvalue weighted by atomic mass is 19.1. The Kier molecular flexibility index (Phi) is 4.58. The van der Waals surface area contributed by atoms with Gasteiger partial charge in [0.25, 0.3) is 5.91 Å². The summed E-state index contributed by atoms with van der Waals surface area (Å²) in [7, 11) is 3.29. The molecule has 2 aromatic rings. The second kappa shape index (κ2) is 6.39. The van der Waals surface area contributed by atoms with Crippen molar-refractivity contribution in [2.75, 3.05) is 24.3 Å². The molecule has 0 heterocycles. The Bertz CT molecular complexity index is 638. The smallest absolute Gasteiger partial charge is 0.260 e. The van der Waals surface area contributed by atoms with E-state index in [4.69, 9.17) is 0 Å². The van der Waals surface area contributed by atoms with Gasteiger partial charge in [0.1, 0.15) is 5.82 Å². The van der Waals surface area contributed by atoms with E-state index in [2.05, 4.69) is 12.2 Å². The third kappa shape index (κ3) is 3.05. The monoisotopic (exact) mass is 286 g/mol. The Morgan fingerprint density at radius 2 is 1.86 bits per heavy atom. The average molecular weight is 286 g/mol. The average Bonchev–Trinajstić information content (AvgIpc) is 2.53. The highest BCUT2D eigenvalue weighted by Gasteiger charge is 2.18. The van der Waals surface area contributed by atoms with E-state index in [9.17, 15) is 9.18 Å². The molecule has 0 radical (unpaired) electrons. The lowest BCUT2D eigenvalue weighted by molar-refractivity contribution is 0.0993.